The van der Waals surface area contributed by atoms with Crippen molar-refractivity contribution < 1.29 is 71.7 Å². The van der Waals surface area contributed by atoms with Crippen LogP contribution >= 0.6 is 0 Å². The number of carbonyl (C=O) groups is 5. The summed E-state index contributed by atoms with van der Waals surface area (Å²) in [6.45, 7) is 4.48. The minimum atomic E-state index is -1.70. The monoisotopic (exact) mass is 777 g/mol. The van der Waals surface area contributed by atoms with E-state index in [0.29, 0.717) is 11.5 Å². The lowest BCUT2D eigenvalue weighted by atomic mass is 9.94. The first-order chi connectivity index (χ1) is 26.9. The molecule has 3 aromatic rings. The maximum atomic E-state index is 14.0. The van der Waals surface area contributed by atoms with Crippen LogP contribution in [0.15, 0.2) is 78.9 Å². The molecule has 56 heavy (non-hydrogen) atoms. The van der Waals surface area contributed by atoms with Gasteiger partial charge >= 0.3 is 17.9 Å². The van der Waals surface area contributed by atoms with Gasteiger partial charge in [-0.3, -0.25) is 28.9 Å². The Morgan fingerprint density at radius 2 is 1.30 bits per heavy atom. The van der Waals surface area contributed by atoms with Gasteiger partial charge in [0.1, 0.15) is 48.6 Å². The van der Waals surface area contributed by atoms with Gasteiger partial charge in [-0.25, -0.2) is 0 Å². The number of imide groups is 1. The molecule has 0 unspecified atom stereocenters. The van der Waals surface area contributed by atoms with Crippen LogP contribution in [0.2, 0.25) is 0 Å². The molecule has 2 fully saturated rings. The maximum absolute atomic E-state index is 14.0. The Balaban J connectivity index is 1.38. The molecule has 2 saturated heterocycles. The van der Waals surface area contributed by atoms with Gasteiger partial charge in [0.2, 0.25) is 6.29 Å². The average Bonchev–Trinajstić information content (AvgIpc) is 3.42. The van der Waals surface area contributed by atoms with Crippen LogP contribution in [0.25, 0.3) is 0 Å². The molecule has 0 bridgehead atoms. The molecule has 0 aliphatic carbocycles. The van der Waals surface area contributed by atoms with Crippen molar-refractivity contribution in [2.75, 3.05) is 13.7 Å². The number of hydrogen-bond donors (Lipinski definition) is 1. The predicted octanol–water partition coefficient (Wildman–Crippen LogP) is 2.97. The van der Waals surface area contributed by atoms with Crippen LogP contribution in [-0.2, 0) is 54.1 Å². The average molecular weight is 778 g/mol. The highest BCUT2D eigenvalue weighted by Crippen LogP contribution is 2.38. The van der Waals surface area contributed by atoms with Gasteiger partial charge in [-0.15, -0.1) is 0 Å². The zero-order valence-electron chi connectivity index (χ0n) is 31.3. The van der Waals surface area contributed by atoms with Gasteiger partial charge in [0.25, 0.3) is 11.8 Å². The molecule has 3 aromatic carbocycles. The van der Waals surface area contributed by atoms with Gasteiger partial charge in [-0.1, -0.05) is 42.5 Å². The van der Waals surface area contributed by atoms with Gasteiger partial charge < -0.3 is 47.7 Å². The quantitative estimate of drug-likeness (QED) is 0.151. The van der Waals surface area contributed by atoms with Crippen LogP contribution in [0.3, 0.4) is 0 Å². The third-order valence-corrected chi connectivity index (χ3v) is 9.43. The predicted molar refractivity (Wildman–Crippen MR) is 191 cm³/mol. The summed E-state index contributed by atoms with van der Waals surface area (Å²) in [5, 5.41) is 12.1. The first-order valence-corrected chi connectivity index (χ1v) is 17.9. The number of rotatable bonds is 13. The number of aliphatic hydroxyl groups is 1. The summed E-state index contributed by atoms with van der Waals surface area (Å²) in [6, 6.07) is 20.4. The van der Waals surface area contributed by atoms with E-state index in [1.807, 2.05) is 30.3 Å². The molecule has 6 rings (SSSR count). The normalized spacial score (nSPS) is 28.6. The molecule has 16 nitrogen and oxygen atoms in total. The topological polar surface area (TPSA) is 192 Å². The molecule has 3 aliphatic rings. The summed E-state index contributed by atoms with van der Waals surface area (Å²) in [5.41, 5.74) is 0.909. The van der Waals surface area contributed by atoms with E-state index in [2.05, 4.69) is 0 Å². The Hall–Kier alpha value is -5.39. The van der Waals surface area contributed by atoms with Crippen LogP contribution in [0.5, 0.6) is 11.5 Å². The van der Waals surface area contributed by atoms with Gasteiger partial charge in [-0.05, 0) is 48.9 Å². The number of nitrogens with zero attached hydrogens (tertiary/aromatic N) is 1. The van der Waals surface area contributed by atoms with E-state index in [4.69, 9.17) is 42.6 Å². The number of esters is 3. The number of hydrogen-bond acceptors (Lipinski definition) is 15. The van der Waals surface area contributed by atoms with Crippen LogP contribution in [-0.4, -0.2) is 115 Å². The number of carbonyl (C=O) groups excluding carboxylic acids is 5. The minimum absolute atomic E-state index is 0.0378. The molecule has 16 heteroatoms. The second-order valence-corrected chi connectivity index (χ2v) is 13.4. The highest BCUT2D eigenvalue weighted by atomic mass is 16.7. The molecule has 10 atom stereocenters. The fourth-order valence-corrected chi connectivity index (χ4v) is 6.91. The molecular weight excluding hydrogens is 734 g/mol. The Morgan fingerprint density at radius 1 is 0.714 bits per heavy atom. The van der Waals surface area contributed by atoms with Crippen molar-refractivity contribution in [1.29, 1.82) is 0 Å². The smallest absolute Gasteiger partial charge is 0.303 e. The molecule has 0 aromatic heterocycles. The molecule has 1 N–H and O–H groups in total. The van der Waals surface area contributed by atoms with Crippen molar-refractivity contribution in [2.45, 2.75) is 95.7 Å². The molecule has 298 valence electrons. The highest BCUT2D eigenvalue weighted by molar-refractivity contribution is 6.21. The third-order valence-electron chi connectivity index (χ3n) is 9.43. The lowest BCUT2D eigenvalue weighted by Crippen LogP contribution is -2.69. The Morgan fingerprint density at radius 3 is 1.89 bits per heavy atom. The maximum Gasteiger partial charge on any atom is 0.303 e. The molecule has 2 amide bonds. The van der Waals surface area contributed by atoms with Crippen molar-refractivity contribution in [1.82, 2.24) is 4.90 Å². The van der Waals surface area contributed by atoms with Gasteiger partial charge in [-0.2, -0.15) is 0 Å². The van der Waals surface area contributed by atoms with E-state index in [9.17, 15) is 29.1 Å². The van der Waals surface area contributed by atoms with Crippen molar-refractivity contribution in [3.8, 4) is 11.5 Å². The summed E-state index contributed by atoms with van der Waals surface area (Å²) in [7, 11) is 1.53. The molecule has 3 heterocycles. The number of methoxy groups -OCH3 is 1. The summed E-state index contributed by atoms with van der Waals surface area (Å²) in [6.07, 6.45) is -12.3. The lowest BCUT2D eigenvalue weighted by molar-refractivity contribution is -0.342. The van der Waals surface area contributed by atoms with Gasteiger partial charge in [0, 0.05) is 20.8 Å². The van der Waals surface area contributed by atoms with E-state index >= 15 is 0 Å². The van der Waals surface area contributed by atoms with E-state index in [0.717, 1.165) is 31.2 Å². The standard InChI is InChI=1S/C40H43NO15/c1-21-33(32(45)36(50-19-25-11-7-6-8-12-25)40(51-21)54-27-17-15-26(48-5)16-18-27)56-39-31(41-37(46)28-13-9-10-14-29(28)38(41)47)35(53-24(4)44)34(52-23(3)43)30(55-39)20-49-22(2)42/h6-18,21,30-36,39-40,45H,19-20H2,1-5H3/t21-,30+,31+,32+,33+,34+,35+,36-,39-,40+/m0/s1. The van der Waals surface area contributed by atoms with Crippen LogP contribution < -0.4 is 9.47 Å². The molecular formula is C40H43NO15. The number of amides is 2. The summed E-state index contributed by atoms with van der Waals surface area (Å²) in [5.74, 6) is -2.94. The number of fused-ring (bicyclic) bond motifs is 1. The zero-order valence-corrected chi connectivity index (χ0v) is 31.3. The molecule has 0 spiro atoms. The highest BCUT2D eigenvalue weighted by Gasteiger charge is 2.59. The van der Waals surface area contributed by atoms with Gasteiger partial charge in [0.15, 0.2) is 18.5 Å². The fraction of sp³-hybridized carbons (Fsp3) is 0.425. The summed E-state index contributed by atoms with van der Waals surface area (Å²) in [4.78, 5) is 66.0. The first-order valence-electron chi connectivity index (χ1n) is 17.9. The second kappa shape index (κ2) is 17.6. The SMILES string of the molecule is COc1ccc(O[C@H]2O[C@@H](C)[C@@H](O[C@@H]3O[C@H](COC(C)=O)[C@@H](OC(C)=O)[C@H](OC(C)=O)[C@H]3N3C(=O)c4ccccc4C3=O)[C@@H](O)[C@@H]2OCc2ccccc2)cc1. The minimum Gasteiger partial charge on any atom is -0.497 e. The van der Waals surface area contributed by atoms with Crippen molar-refractivity contribution in [3.05, 3.63) is 95.6 Å². The van der Waals surface area contributed by atoms with Crippen molar-refractivity contribution >= 4 is 29.7 Å². The fourth-order valence-electron chi connectivity index (χ4n) is 6.91. The largest absolute Gasteiger partial charge is 0.497 e. The third kappa shape index (κ3) is 8.85. The Labute approximate surface area is 322 Å². The van der Waals surface area contributed by atoms with Crippen molar-refractivity contribution in [2.24, 2.45) is 0 Å². The molecule has 3 aliphatic heterocycles. The van der Waals surface area contributed by atoms with E-state index in [1.165, 1.54) is 19.2 Å². The number of benzene rings is 3. The van der Waals surface area contributed by atoms with Gasteiger partial charge in [0.05, 0.1) is 30.9 Å². The zero-order chi connectivity index (χ0) is 40.1. The Bertz CT molecular complexity index is 1850. The lowest BCUT2D eigenvalue weighted by Gasteiger charge is -2.49. The summed E-state index contributed by atoms with van der Waals surface area (Å²) >= 11 is 0. The van der Waals surface area contributed by atoms with Crippen LogP contribution in [0.1, 0.15) is 54.0 Å². The Kier molecular flexibility index (Phi) is 12.7. The van der Waals surface area contributed by atoms with E-state index in [-0.39, 0.29) is 17.7 Å². The van der Waals surface area contributed by atoms with Crippen LogP contribution in [0, 0.1) is 0 Å². The van der Waals surface area contributed by atoms with Crippen molar-refractivity contribution in [3.63, 3.8) is 0 Å². The number of aliphatic hydroxyl groups excluding tert-OH is 1. The second-order valence-electron chi connectivity index (χ2n) is 13.4. The summed E-state index contributed by atoms with van der Waals surface area (Å²) < 4.78 is 53.4. The van der Waals surface area contributed by atoms with E-state index < -0.39 is 97.7 Å². The molecule has 0 radical (unpaired) electrons. The molecule has 0 saturated carbocycles. The van der Waals surface area contributed by atoms with E-state index in [1.54, 1.807) is 43.3 Å². The first kappa shape index (κ1) is 40.3. The van der Waals surface area contributed by atoms with Crippen LogP contribution in [0.4, 0.5) is 0 Å². The number of ether oxygens (including phenoxy) is 9.